The van der Waals surface area contributed by atoms with Crippen LogP contribution in [-0.2, 0) is 16.6 Å². The Kier molecular flexibility index (Phi) is 4.78. The number of benzene rings is 2. The first-order valence-corrected chi connectivity index (χ1v) is 9.17. The van der Waals surface area contributed by atoms with Crippen LogP contribution in [0.3, 0.4) is 0 Å². The molecule has 0 N–H and O–H groups in total. The summed E-state index contributed by atoms with van der Waals surface area (Å²) in [7, 11) is -4.94. The molecule has 3 nitrogen and oxygen atoms in total. The summed E-state index contributed by atoms with van der Waals surface area (Å²) in [4.78, 5) is -1.81. The minimum atomic E-state index is -4.94. The average molecular weight is 391 g/mol. The van der Waals surface area contributed by atoms with E-state index in [1.807, 2.05) is 0 Å². The zero-order valence-electron chi connectivity index (χ0n) is 13.6. The number of sulfonamides is 1. The van der Waals surface area contributed by atoms with Gasteiger partial charge < -0.3 is 0 Å². The highest BCUT2D eigenvalue weighted by Crippen LogP contribution is 2.36. The summed E-state index contributed by atoms with van der Waals surface area (Å²) < 4.78 is 94.4. The predicted molar refractivity (Wildman–Crippen MR) is 83.2 cm³/mol. The summed E-state index contributed by atoms with van der Waals surface area (Å²) in [6.45, 7) is 1.55. The Hall–Kier alpha value is -2.00. The molecule has 1 aliphatic rings. The van der Waals surface area contributed by atoms with Crippen LogP contribution in [0.1, 0.15) is 24.0 Å². The van der Waals surface area contributed by atoms with Crippen molar-refractivity contribution in [3.63, 3.8) is 0 Å². The third-order valence-corrected chi connectivity index (χ3v) is 6.03. The van der Waals surface area contributed by atoms with Gasteiger partial charge in [0.1, 0.15) is 0 Å². The summed E-state index contributed by atoms with van der Waals surface area (Å²) in [5, 5.41) is 0. The van der Waals surface area contributed by atoms with Crippen molar-refractivity contribution in [2.45, 2.75) is 37.2 Å². The van der Waals surface area contributed by atoms with Crippen LogP contribution in [0.25, 0.3) is 0 Å². The molecule has 9 heteroatoms. The van der Waals surface area contributed by atoms with Crippen molar-refractivity contribution in [1.29, 1.82) is 0 Å². The number of hydrogen-bond acceptors (Lipinski definition) is 2. The van der Waals surface area contributed by atoms with Crippen LogP contribution in [-0.4, -0.2) is 18.8 Å². The fourth-order valence-corrected chi connectivity index (χ4v) is 4.48. The van der Waals surface area contributed by atoms with E-state index in [9.17, 15) is 30.4 Å². The van der Waals surface area contributed by atoms with Crippen molar-refractivity contribution in [1.82, 2.24) is 4.31 Å². The van der Waals surface area contributed by atoms with Crippen molar-refractivity contribution < 1.29 is 30.4 Å². The van der Waals surface area contributed by atoms with E-state index < -0.39 is 50.0 Å². The molecule has 0 bridgehead atoms. The first-order valence-electron chi connectivity index (χ1n) is 7.73. The van der Waals surface area contributed by atoms with E-state index in [0.717, 1.165) is 9.87 Å². The summed E-state index contributed by atoms with van der Waals surface area (Å²) in [6, 6.07) is 6.22. The van der Waals surface area contributed by atoms with E-state index >= 15 is 0 Å². The van der Waals surface area contributed by atoms with Crippen LogP contribution < -0.4 is 0 Å². The van der Waals surface area contributed by atoms with Crippen LogP contribution in [0.4, 0.5) is 22.0 Å². The van der Waals surface area contributed by atoms with Crippen LogP contribution >= 0.6 is 0 Å². The smallest absolute Gasteiger partial charge is 0.207 e. The second kappa shape index (κ2) is 6.62. The first kappa shape index (κ1) is 18.8. The van der Waals surface area contributed by atoms with Gasteiger partial charge in [0.05, 0.1) is 0 Å². The second-order valence-corrected chi connectivity index (χ2v) is 8.00. The zero-order valence-corrected chi connectivity index (χ0v) is 14.4. The van der Waals surface area contributed by atoms with Gasteiger partial charge in [-0.2, -0.15) is 4.31 Å². The fourth-order valence-electron chi connectivity index (χ4n) is 2.69. The monoisotopic (exact) mass is 391 g/mol. The number of aryl methyl sites for hydroxylation is 1. The summed E-state index contributed by atoms with van der Waals surface area (Å²) in [5.74, 6) is -11.7. The topological polar surface area (TPSA) is 37.4 Å². The van der Waals surface area contributed by atoms with Crippen molar-refractivity contribution >= 4 is 10.0 Å². The molecule has 3 rings (SSSR count). The molecule has 1 aliphatic carbocycles. The minimum absolute atomic E-state index is 0.228. The van der Waals surface area contributed by atoms with Crippen molar-refractivity contribution in [2.75, 3.05) is 0 Å². The predicted octanol–water partition coefficient (Wildman–Crippen LogP) is 4.04. The van der Waals surface area contributed by atoms with E-state index in [-0.39, 0.29) is 6.54 Å². The maximum Gasteiger partial charge on any atom is 0.249 e. The Morgan fingerprint density at radius 3 is 2.00 bits per heavy atom. The number of halogens is 5. The van der Waals surface area contributed by atoms with Crippen molar-refractivity contribution in [3.05, 3.63) is 64.5 Å². The number of hydrogen-bond donors (Lipinski definition) is 0. The molecule has 0 unspecified atom stereocenters. The lowest BCUT2D eigenvalue weighted by Crippen LogP contribution is -2.34. The molecule has 0 heterocycles. The van der Waals surface area contributed by atoms with Gasteiger partial charge in [0.15, 0.2) is 28.2 Å². The molecule has 1 fully saturated rings. The summed E-state index contributed by atoms with van der Waals surface area (Å²) in [5.41, 5.74) is 1.39. The third kappa shape index (κ3) is 3.21. The van der Waals surface area contributed by atoms with E-state index in [1.54, 1.807) is 31.2 Å². The quantitative estimate of drug-likeness (QED) is 0.438. The highest BCUT2D eigenvalue weighted by Gasteiger charge is 2.43. The van der Waals surface area contributed by atoms with Crippen LogP contribution in [0.15, 0.2) is 29.2 Å². The van der Waals surface area contributed by atoms with Gasteiger partial charge in [-0.3, -0.25) is 0 Å². The molecule has 0 aliphatic heterocycles. The van der Waals surface area contributed by atoms with Gasteiger partial charge >= 0.3 is 0 Å². The van der Waals surface area contributed by atoms with Gasteiger partial charge in [-0.15, -0.1) is 0 Å². The Morgan fingerprint density at radius 2 is 1.50 bits per heavy atom. The molecule has 0 spiro atoms. The van der Waals surface area contributed by atoms with Crippen molar-refractivity contribution in [2.24, 2.45) is 0 Å². The zero-order chi connectivity index (χ0) is 19.2. The number of nitrogens with zero attached hydrogens (tertiary/aromatic N) is 1. The molecular formula is C17H14F5NO2S. The molecule has 0 radical (unpaired) electrons. The lowest BCUT2D eigenvalue weighted by atomic mass is 10.1. The maximum atomic E-state index is 14.0. The molecule has 0 amide bonds. The largest absolute Gasteiger partial charge is 0.249 e. The average Bonchev–Trinajstić information content (AvgIpc) is 3.41. The first-order chi connectivity index (χ1) is 12.1. The number of rotatable bonds is 5. The van der Waals surface area contributed by atoms with Crippen LogP contribution in [0.2, 0.25) is 0 Å². The second-order valence-electron chi connectivity index (χ2n) is 6.17. The normalized spacial score (nSPS) is 14.9. The molecule has 140 valence electrons. The van der Waals surface area contributed by atoms with Crippen LogP contribution in [0, 0.1) is 36.0 Å². The maximum absolute atomic E-state index is 14.0. The molecule has 2 aromatic carbocycles. The highest BCUT2D eigenvalue weighted by molar-refractivity contribution is 7.89. The Bertz CT molecular complexity index is 944. The standard InChI is InChI=1S/C17H14F5NO2S/c1-9-3-2-4-10(7-9)8-23(11-5-6-11)26(24,25)17-15(21)13(19)12(18)14(20)16(17)22/h2-4,7,11H,5-6,8H2,1H3. The third-order valence-electron chi connectivity index (χ3n) is 4.11. The Morgan fingerprint density at radius 1 is 0.962 bits per heavy atom. The molecule has 0 aromatic heterocycles. The summed E-state index contributed by atoms with van der Waals surface area (Å²) >= 11 is 0. The van der Waals surface area contributed by atoms with E-state index in [1.165, 1.54) is 0 Å². The molecule has 0 atom stereocenters. The lowest BCUT2D eigenvalue weighted by Gasteiger charge is -2.23. The molecular weight excluding hydrogens is 377 g/mol. The van der Waals surface area contributed by atoms with Gasteiger partial charge in [0.2, 0.25) is 15.8 Å². The molecule has 26 heavy (non-hydrogen) atoms. The van der Waals surface area contributed by atoms with Crippen LogP contribution in [0.5, 0.6) is 0 Å². The van der Waals surface area contributed by atoms with Gasteiger partial charge in [0, 0.05) is 12.6 Å². The molecule has 0 saturated heterocycles. The SMILES string of the molecule is Cc1cccc(CN(C2CC2)S(=O)(=O)c2c(F)c(F)c(F)c(F)c2F)c1. The summed E-state index contributed by atoms with van der Waals surface area (Å²) in [6.07, 6.45) is 0.890. The molecule has 1 saturated carbocycles. The lowest BCUT2D eigenvalue weighted by molar-refractivity contribution is 0.346. The van der Waals surface area contributed by atoms with Gasteiger partial charge in [-0.1, -0.05) is 29.8 Å². The van der Waals surface area contributed by atoms with E-state index in [2.05, 4.69) is 0 Å². The Balaban J connectivity index is 2.11. The van der Waals surface area contributed by atoms with E-state index in [0.29, 0.717) is 18.4 Å². The highest BCUT2D eigenvalue weighted by atomic mass is 32.2. The fraction of sp³-hybridized carbons (Fsp3) is 0.294. The minimum Gasteiger partial charge on any atom is -0.207 e. The Labute approximate surface area is 147 Å². The van der Waals surface area contributed by atoms with Gasteiger partial charge in [-0.05, 0) is 25.3 Å². The van der Waals surface area contributed by atoms with Gasteiger partial charge in [0.25, 0.3) is 0 Å². The van der Waals surface area contributed by atoms with Gasteiger partial charge in [-0.25, -0.2) is 30.4 Å². The molecule has 2 aromatic rings. The van der Waals surface area contributed by atoms with E-state index in [4.69, 9.17) is 0 Å². The van der Waals surface area contributed by atoms with Crippen molar-refractivity contribution in [3.8, 4) is 0 Å².